The molecule has 0 radical (unpaired) electrons. The van der Waals surface area contributed by atoms with E-state index in [0.29, 0.717) is 19.5 Å². The molecular weight excluding hydrogens is 487 g/mol. The highest BCUT2D eigenvalue weighted by Gasteiger charge is 2.57. The van der Waals surface area contributed by atoms with Gasteiger partial charge < -0.3 is 20.7 Å². The lowest BCUT2D eigenvalue weighted by molar-refractivity contribution is -0.0500. The third-order valence-corrected chi connectivity index (χ3v) is 9.12. The fourth-order valence-corrected chi connectivity index (χ4v) is 7.08. The molecule has 13 heteroatoms. The predicted octanol–water partition coefficient (Wildman–Crippen LogP) is 3.49. The number of nitrogens with two attached hydrogens (primary N) is 1. The molecule has 0 saturated carbocycles. The number of benzene rings is 1. The van der Waals surface area contributed by atoms with Crippen LogP contribution < -0.4 is 15.8 Å². The van der Waals surface area contributed by atoms with Crippen molar-refractivity contribution in [2.24, 2.45) is 10.7 Å². The number of amides is 1. The summed E-state index contributed by atoms with van der Waals surface area (Å²) in [6.07, 6.45) is 1.42. The van der Waals surface area contributed by atoms with Gasteiger partial charge in [-0.3, -0.25) is 18.9 Å². The van der Waals surface area contributed by atoms with Crippen LogP contribution in [0.5, 0.6) is 5.75 Å². The van der Waals surface area contributed by atoms with Gasteiger partial charge in [-0.25, -0.2) is 9.37 Å². The topological polar surface area (TPSA) is 133 Å². The molecule has 1 saturated heterocycles. The number of aliphatic imine (C=N–C) groups is 1. The van der Waals surface area contributed by atoms with E-state index in [0.717, 1.165) is 12.3 Å². The largest absolute Gasteiger partial charge is 0.433 e. The normalized spacial score (nSPS) is 27.0. The maximum Gasteiger partial charge on any atom is 0.387 e. The van der Waals surface area contributed by atoms with Crippen LogP contribution in [-0.4, -0.2) is 68.0 Å². The fourth-order valence-electron chi connectivity index (χ4n) is 4.58. The summed E-state index contributed by atoms with van der Waals surface area (Å²) in [5, 5.41) is 2.57. The Kier molecular flexibility index (Phi) is 6.47. The number of carbonyl (C=O) groups excluding carboxylic acids is 1. The van der Waals surface area contributed by atoms with Gasteiger partial charge in [0.25, 0.3) is 5.91 Å². The minimum absolute atomic E-state index is 0.0352. The van der Waals surface area contributed by atoms with Gasteiger partial charge in [-0.2, -0.15) is 19.4 Å². The molecule has 190 valence electrons. The van der Waals surface area contributed by atoms with Crippen molar-refractivity contribution in [3.63, 3.8) is 0 Å². The Morgan fingerprint density at radius 3 is 2.63 bits per heavy atom. The lowest BCUT2D eigenvalue weighted by atomic mass is 9.92. The average molecular weight is 514 g/mol. The molecule has 0 bridgehead atoms. The second kappa shape index (κ2) is 8.97. The lowest BCUT2D eigenvalue weighted by Crippen LogP contribution is -2.56. The molecule has 1 amide bonds. The Hall–Kier alpha value is -2.87. The van der Waals surface area contributed by atoms with Crippen LogP contribution in [0.2, 0.25) is 0 Å². The molecule has 2 aliphatic rings. The number of amidine groups is 1. The van der Waals surface area contributed by atoms with Crippen molar-refractivity contribution >= 4 is 28.0 Å². The van der Waals surface area contributed by atoms with Crippen molar-refractivity contribution in [1.29, 1.82) is 0 Å². The molecule has 1 aromatic carbocycles. The molecule has 2 aromatic rings. The second-order valence-electron chi connectivity index (χ2n) is 8.97. The number of anilines is 1. The van der Waals surface area contributed by atoms with Gasteiger partial charge in [0.15, 0.2) is 0 Å². The highest BCUT2D eigenvalue weighted by atomic mass is 32.3. The van der Waals surface area contributed by atoms with Gasteiger partial charge in [-0.15, -0.1) is 0 Å². The number of likely N-dealkylation sites (tertiary alicyclic amines) is 1. The third-order valence-electron chi connectivity index (χ3n) is 6.36. The van der Waals surface area contributed by atoms with Crippen molar-refractivity contribution in [3.8, 4) is 5.75 Å². The number of halogens is 3. The Morgan fingerprint density at radius 1 is 1.31 bits per heavy atom. The van der Waals surface area contributed by atoms with Crippen molar-refractivity contribution in [3.05, 3.63) is 53.6 Å². The molecule has 2 aliphatic heterocycles. The van der Waals surface area contributed by atoms with Gasteiger partial charge >= 0.3 is 6.61 Å². The number of carbonyl (C=O) groups is 1. The van der Waals surface area contributed by atoms with E-state index >= 15 is 0 Å². The number of nitrogens with one attached hydrogen (secondary N) is 1. The van der Waals surface area contributed by atoms with Crippen LogP contribution in [0, 0.1) is 5.82 Å². The molecule has 1 aromatic heterocycles. The first kappa shape index (κ1) is 25.2. The van der Waals surface area contributed by atoms with Crippen LogP contribution in [0.15, 0.2) is 41.5 Å². The quantitative estimate of drug-likeness (QED) is 0.481. The zero-order chi connectivity index (χ0) is 25.6. The van der Waals surface area contributed by atoms with Crippen LogP contribution in [0.3, 0.4) is 0 Å². The third kappa shape index (κ3) is 4.68. The Labute approximate surface area is 201 Å². The van der Waals surface area contributed by atoms with Crippen molar-refractivity contribution in [2.75, 3.05) is 31.2 Å². The van der Waals surface area contributed by atoms with Gasteiger partial charge in [-0.05, 0) is 50.7 Å². The van der Waals surface area contributed by atoms with Gasteiger partial charge in [-0.1, -0.05) is 0 Å². The molecule has 5 N–H and O–H groups in total. The van der Waals surface area contributed by atoms with Crippen LogP contribution in [0.1, 0.15) is 29.4 Å². The van der Waals surface area contributed by atoms with Crippen LogP contribution in [0.25, 0.3) is 0 Å². The highest BCUT2D eigenvalue weighted by Crippen LogP contribution is 2.62. The standard InChI is InChI=1S/C22H26F3N5O4S/c1-21(12-35(32,33)22(19(26)29-21)7-8-30(2)11-22)15-9-13(3-5-16(15)23)28-18(31)17-6-4-14(10-27-17)34-20(24)25/h3-6,9-10,20,32-33H,7-8,11-12H2,1-2H3,(H2,26,29)(H,28,31)/t21-,22?/m0/s1. The lowest BCUT2D eigenvalue weighted by Gasteiger charge is -2.54. The second-order valence-corrected chi connectivity index (χ2v) is 11.4. The van der Waals surface area contributed by atoms with E-state index in [1.807, 2.05) is 11.9 Å². The van der Waals surface area contributed by atoms with E-state index in [9.17, 15) is 27.1 Å². The van der Waals surface area contributed by atoms with Crippen molar-refractivity contribution < 1.29 is 31.8 Å². The van der Waals surface area contributed by atoms with Gasteiger partial charge in [0, 0.05) is 24.3 Å². The molecule has 2 atom stereocenters. The SMILES string of the molecule is CN1CCC2(C1)C(N)=N[C@](C)(c1cc(NC(=O)c3ccc(OC(F)F)cn3)ccc1F)CS2(O)O. The molecule has 4 rings (SSSR count). The molecular formula is C22H26F3N5O4S. The molecule has 9 nitrogen and oxygen atoms in total. The van der Waals surface area contributed by atoms with Gasteiger partial charge in [0.2, 0.25) is 0 Å². The molecule has 0 aliphatic carbocycles. The average Bonchev–Trinajstić information content (AvgIpc) is 3.17. The maximum absolute atomic E-state index is 14.9. The van der Waals surface area contributed by atoms with E-state index in [-0.39, 0.29) is 34.3 Å². The summed E-state index contributed by atoms with van der Waals surface area (Å²) in [5.74, 6) is -1.68. The molecule has 3 heterocycles. The van der Waals surface area contributed by atoms with E-state index in [4.69, 9.17) is 5.73 Å². The Morgan fingerprint density at radius 2 is 2.06 bits per heavy atom. The summed E-state index contributed by atoms with van der Waals surface area (Å²) in [7, 11) is -1.44. The Balaban J connectivity index is 1.60. The van der Waals surface area contributed by atoms with Crippen LogP contribution in [0.4, 0.5) is 18.9 Å². The number of hydrogen-bond acceptors (Lipinski definition) is 8. The summed E-state index contributed by atoms with van der Waals surface area (Å²) < 4.78 is 64.9. The van der Waals surface area contributed by atoms with Gasteiger partial charge in [0.05, 0.1) is 11.9 Å². The van der Waals surface area contributed by atoms with E-state index in [1.54, 1.807) is 6.92 Å². The summed E-state index contributed by atoms with van der Waals surface area (Å²) in [4.78, 5) is 22.9. The first-order chi connectivity index (χ1) is 16.3. The monoisotopic (exact) mass is 513 g/mol. The maximum atomic E-state index is 14.9. The van der Waals surface area contributed by atoms with Crippen LogP contribution in [-0.2, 0) is 5.54 Å². The number of hydrogen-bond donors (Lipinski definition) is 4. The number of alkyl halides is 2. The molecule has 1 unspecified atom stereocenters. The summed E-state index contributed by atoms with van der Waals surface area (Å²) in [6.45, 7) is -0.489. The van der Waals surface area contributed by atoms with E-state index < -0.39 is 39.2 Å². The van der Waals surface area contributed by atoms with Crippen molar-refractivity contribution in [1.82, 2.24) is 9.88 Å². The van der Waals surface area contributed by atoms with E-state index in [1.165, 1.54) is 24.3 Å². The number of nitrogens with zero attached hydrogens (tertiary/aromatic N) is 3. The zero-order valence-electron chi connectivity index (χ0n) is 19.0. The summed E-state index contributed by atoms with van der Waals surface area (Å²) in [5.41, 5.74) is 5.06. The fraction of sp³-hybridized carbons (Fsp3) is 0.409. The summed E-state index contributed by atoms with van der Waals surface area (Å²) in [6, 6.07) is 6.20. The smallest absolute Gasteiger partial charge is 0.387 e. The number of pyridine rings is 1. The molecule has 1 fully saturated rings. The van der Waals surface area contributed by atoms with Crippen LogP contribution >= 0.6 is 10.6 Å². The zero-order valence-corrected chi connectivity index (χ0v) is 19.9. The number of aromatic nitrogens is 1. The van der Waals surface area contributed by atoms with E-state index in [2.05, 4.69) is 20.0 Å². The number of ether oxygens (including phenoxy) is 1. The predicted molar refractivity (Wildman–Crippen MR) is 127 cm³/mol. The first-order valence-electron chi connectivity index (χ1n) is 10.7. The van der Waals surface area contributed by atoms with Crippen molar-refractivity contribution in [2.45, 2.75) is 30.2 Å². The molecule has 1 spiro atoms. The highest BCUT2D eigenvalue weighted by molar-refractivity contribution is 8.26. The number of rotatable bonds is 5. The molecule has 35 heavy (non-hydrogen) atoms. The Bertz CT molecular complexity index is 1170. The first-order valence-corrected chi connectivity index (χ1v) is 12.4. The van der Waals surface area contributed by atoms with Gasteiger partial charge in [0.1, 0.15) is 33.4 Å². The minimum atomic E-state index is -3.30. The minimum Gasteiger partial charge on any atom is -0.433 e. The summed E-state index contributed by atoms with van der Waals surface area (Å²) >= 11 is 0.